The summed E-state index contributed by atoms with van der Waals surface area (Å²) in [6.45, 7) is 10.8. The van der Waals surface area contributed by atoms with Crippen LogP contribution in [0, 0.1) is 0 Å². The molecule has 0 radical (unpaired) electrons. The third-order valence-electron chi connectivity index (χ3n) is 3.88. The van der Waals surface area contributed by atoms with Crippen LogP contribution >= 0.6 is 0 Å². The zero-order chi connectivity index (χ0) is 18.4. The first kappa shape index (κ1) is 19.0. The number of rotatable bonds is 8. The normalized spacial score (nSPS) is 11.2. The Bertz CT molecular complexity index is 667. The fraction of sp³-hybridized carbons (Fsp3) is 0.500. The number of hydrogen-bond acceptors (Lipinski definition) is 4. The number of carbonyl (C=O) groups is 1. The maximum atomic E-state index is 12.5. The highest BCUT2D eigenvalue weighted by atomic mass is 16.5. The maximum Gasteiger partial charge on any atom is 0.232 e. The molecule has 5 heteroatoms. The van der Waals surface area contributed by atoms with Crippen molar-refractivity contribution >= 4 is 5.91 Å². The number of oxazole rings is 1. The molecule has 0 aliphatic heterocycles. The summed E-state index contributed by atoms with van der Waals surface area (Å²) in [5, 5.41) is 0. The molecule has 1 aromatic heterocycles. The van der Waals surface area contributed by atoms with Crippen LogP contribution in [-0.2, 0) is 11.2 Å². The fourth-order valence-corrected chi connectivity index (χ4v) is 2.86. The van der Waals surface area contributed by atoms with Crippen molar-refractivity contribution in [2.75, 3.05) is 6.61 Å². The van der Waals surface area contributed by atoms with E-state index in [0.29, 0.717) is 12.5 Å². The second-order valence-corrected chi connectivity index (χ2v) is 6.66. The summed E-state index contributed by atoms with van der Waals surface area (Å²) >= 11 is 0. The standard InChI is InChI=1S/C20H28N2O3/c1-6-11-24-17-9-7-16(8-10-17)18-13-25-19(21-18)12-20(23)22(14(2)3)15(4)5/h7-10,13-15H,6,11-12H2,1-5H3. The molecular weight excluding hydrogens is 316 g/mol. The van der Waals surface area contributed by atoms with Gasteiger partial charge in [-0.3, -0.25) is 4.79 Å². The van der Waals surface area contributed by atoms with Gasteiger partial charge < -0.3 is 14.1 Å². The van der Waals surface area contributed by atoms with Crippen LogP contribution in [0.15, 0.2) is 34.9 Å². The van der Waals surface area contributed by atoms with E-state index < -0.39 is 0 Å². The minimum Gasteiger partial charge on any atom is -0.494 e. The summed E-state index contributed by atoms with van der Waals surface area (Å²) in [4.78, 5) is 18.8. The van der Waals surface area contributed by atoms with Crippen molar-refractivity contribution in [3.05, 3.63) is 36.4 Å². The molecule has 25 heavy (non-hydrogen) atoms. The Morgan fingerprint density at radius 3 is 2.36 bits per heavy atom. The van der Waals surface area contributed by atoms with Gasteiger partial charge in [-0.05, 0) is 58.4 Å². The molecule has 136 valence electrons. The molecule has 0 saturated carbocycles. The Kier molecular flexibility index (Phi) is 6.62. The lowest BCUT2D eigenvalue weighted by Crippen LogP contribution is -2.42. The molecule has 0 atom stereocenters. The van der Waals surface area contributed by atoms with E-state index in [-0.39, 0.29) is 24.4 Å². The van der Waals surface area contributed by atoms with Gasteiger partial charge in [-0.2, -0.15) is 0 Å². The smallest absolute Gasteiger partial charge is 0.232 e. The van der Waals surface area contributed by atoms with Gasteiger partial charge in [0.15, 0.2) is 0 Å². The Morgan fingerprint density at radius 2 is 1.80 bits per heavy atom. The van der Waals surface area contributed by atoms with Crippen molar-refractivity contribution in [3.8, 4) is 17.0 Å². The summed E-state index contributed by atoms with van der Waals surface area (Å²) in [5.41, 5.74) is 1.67. The lowest BCUT2D eigenvalue weighted by molar-refractivity contribution is -0.134. The van der Waals surface area contributed by atoms with Crippen molar-refractivity contribution < 1.29 is 13.9 Å². The van der Waals surface area contributed by atoms with Crippen LogP contribution in [0.25, 0.3) is 11.3 Å². The first-order valence-corrected chi connectivity index (χ1v) is 8.91. The van der Waals surface area contributed by atoms with Crippen LogP contribution in [-0.4, -0.2) is 34.5 Å². The second-order valence-electron chi connectivity index (χ2n) is 6.66. The second kappa shape index (κ2) is 8.70. The van der Waals surface area contributed by atoms with Gasteiger partial charge in [-0.25, -0.2) is 4.98 Å². The predicted molar refractivity (Wildman–Crippen MR) is 98.5 cm³/mol. The third-order valence-corrected chi connectivity index (χ3v) is 3.88. The topological polar surface area (TPSA) is 55.6 Å². The van der Waals surface area contributed by atoms with Crippen LogP contribution in [0.1, 0.15) is 46.9 Å². The molecular formula is C20H28N2O3. The first-order valence-electron chi connectivity index (χ1n) is 8.91. The van der Waals surface area contributed by atoms with Crippen molar-refractivity contribution in [1.82, 2.24) is 9.88 Å². The highest BCUT2D eigenvalue weighted by Gasteiger charge is 2.22. The number of benzene rings is 1. The van der Waals surface area contributed by atoms with E-state index in [1.165, 1.54) is 0 Å². The average molecular weight is 344 g/mol. The molecule has 0 aliphatic rings. The number of ether oxygens (including phenoxy) is 1. The van der Waals surface area contributed by atoms with Gasteiger partial charge >= 0.3 is 0 Å². The lowest BCUT2D eigenvalue weighted by atomic mass is 10.1. The summed E-state index contributed by atoms with van der Waals surface area (Å²) < 4.78 is 11.1. The SMILES string of the molecule is CCCOc1ccc(-c2coc(CC(=O)N(C(C)C)C(C)C)n2)cc1. The van der Waals surface area contributed by atoms with E-state index in [1.807, 2.05) is 56.9 Å². The third kappa shape index (κ3) is 5.08. The predicted octanol–water partition coefficient (Wildman–Crippen LogP) is 4.32. The zero-order valence-electron chi connectivity index (χ0n) is 15.8. The molecule has 0 unspecified atom stereocenters. The molecule has 0 N–H and O–H groups in total. The minimum absolute atomic E-state index is 0.0294. The Morgan fingerprint density at radius 1 is 1.16 bits per heavy atom. The van der Waals surface area contributed by atoms with E-state index in [2.05, 4.69) is 11.9 Å². The van der Waals surface area contributed by atoms with Gasteiger partial charge in [-0.1, -0.05) is 6.92 Å². The monoisotopic (exact) mass is 344 g/mol. The molecule has 0 saturated heterocycles. The zero-order valence-corrected chi connectivity index (χ0v) is 15.8. The largest absolute Gasteiger partial charge is 0.494 e. The number of carbonyl (C=O) groups excluding carboxylic acids is 1. The van der Waals surface area contributed by atoms with Gasteiger partial charge in [0.25, 0.3) is 0 Å². The van der Waals surface area contributed by atoms with E-state index in [9.17, 15) is 4.79 Å². The summed E-state index contributed by atoms with van der Waals surface area (Å²) in [6, 6.07) is 8.04. The van der Waals surface area contributed by atoms with Gasteiger partial charge in [-0.15, -0.1) is 0 Å². The Labute approximate surface area is 150 Å². The fourth-order valence-electron chi connectivity index (χ4n) is 2.86. The van der Waals surface area contributed by atoms with Crippen LogP contribution in [0.3, 0.4) is 0 Å². The summed E-state index contributed by atoms with van der Waals surface area (Å²) in [7, 11) is 0. The van der Waals surface area contributed by atoms with E-state index >= 15 is 0 Å². The van der Waals surface area contributed by atoms with Crippen LogP contribution < -0.4 is 4.74 Å². The molecule has 0 spiro atoms. The number of amides is 1. The Hall–Kier alpha value is -2.30. The molecule has 1 amide bonds. The molecule has 0 bridgehead atoms. The van der Waals surface area contributed by atoms with E-state index in [0.717, 1.165) is 23.4 Å². The van der Waals surface area contributed by atoms with Crippen LogP contribution in [0.2, 0.25) is 0 Å². The van der Waals surface area contributed by atoms with Crippen LogP contribution in [0.4, 0.5) is 0 Å². The number of hydrogen-bond donors (Lipinski definition) is 0. The van der Waals surface area contributed by atoms with Gasteiger partial charge in [0.05, 0.1) is 6.61 Å². The first-order chi connectivity index (χ1) is 11.9. The average Bonchev–Trinajstić information content (AvgIpc) is 3.01. The Balaban J connectivity index is 2.05. The van der Waals surface area contributed by atoms with Gasteiger partial charge in [0.1, 0.15) is 24.1 Å². The quantitative estimate of drug-likeness (QED) is 0.716. The highest BCUT2D eigenvalue weighted by Crippen LogP contribution is 2.22. The lowest BCUT2D eigenvalue weighted by Gasteiger charge is -2.30. The molecule has 5 nitrogen and oxygen atoms in total. The van der Waals surface area contributed by atoms with E-state index in [1.54, 1.807) is 6.26 Å². The van der Waals surface area contributed by atoms with Crippen LogP contribution in [0.5, 0.6) is 5.75 Å². The highest BCUT2D eigenvalue weighted by molar-refractivity contribution is 5.78. The summed E-state index contributed by atoms with van der Waals surface area (Å²) in [5.74, 6) is 1.31. The van der Waals surface area contributed by atoms with Crippen molar-refractivity contribution in [3.63, 3.8) is 0 Å². The number of aromatic nitrogens is 1. The van der Waals surface area contributed by atoms with E-state index in [4.69, 9.17) is 9.15 Å². The number of nitrogens with zero attached hydrogens (tertiary/aromatic N) is 2. The molecule has 2 rings (SSSR count). The maximum absolute atomic E-state index is 12.5. The minimum atomic E-state index is 0.0294. The molecule has 0 fully saturated rings. The van der Waals surface area contributed by atoms with Gasteiger partial charge in [0.2, 0.25) is 11.8 Å². The van der Waals surface area contributed by atoms with Crippen molar-refractivity contribution in [2.24, 2.45) is 0 Å². The van der Waals surface area contributed by atoms with Crippen molar-refractivity contribution in [2.45, 2.75) is 59.5 Å². The molecule has 1 heterocycles. The summed E-state index contributed by atoms with van der Waals surface area (Å²) in [6.07, 6.45) is 2.75. The molecule has 0 aliphatic carbocycles. The molecule has 2 aromatic rings. The van der Waals surface area contributed by atoms with Gasteiger partial charge in [0, 0.05) is 17.6 Å². The molecule has 1 aromatic carbocycles. The van der Waals surface area contributed by atoms with Crippen molar-refractivity contribution in [1.29, 1.82) is 0 Å².